The molecule has 0 aliphatic heterocycles. The molecule has 1 aliphatic carbocycles. The third kappa shape index (κ3) is 5.97. The van der Waals surface area contributed by atoms with Crippen LogP contribution < -0.4 is 9.47 Å². The van der Waals surface area contributed by atoms with E-state index in [4.69, 9.17) is 14.0 Å². The van der Waals surface area contributed by atoms with E-state index in [1.807, 2.05) is 54.6 Å². The molecule has 2 atom stereocenters. The molecule has 1 N–H and O–H groups in total. The average Bonchev–Trinajstić information content (AvgIpc) is 3.34. The molecule has 0 aromatic heterocycles. The first-order chi connectivity index (χ1) is 16.6. The molecule has 1 saturated carbocycles. The second kappa shape index (κ2) is 10.6. The van der Waals surface area contributed by atoms with Crippen LogP contribution in [0.2, 0.25) is 0 Å². The number of rotatable bonds is 9. The summed E-state index contributed by atoms with van der Waals surface area (Å²) < 4.78 is 69.7. The highest BCUT2D eigenvalue weighted by Gasteiger charge is 2.51. The topological polar surface area (TPSA) is 72.8 Å². The van der Waals surface area contributed by atoms with Gasteiger partial charge >= 0.3 is 15.4 Å². The standard InChI is InChI=1S/C26H26F2O5S2/c1-19(26(27,28)35(29,30)31)32-21-11-15-24(16-12-21)34(23-9-3-2-4-10-23)25-17-13-22(14-18-25)33-20-7-5-6-8-20/h2-4,9-20H,5-8H2,1H3/p+1. The van der Waals surface area contributed by atoms with E-state index in [2.05, 4.69) is 0 Å². The second-order valence-corrected chi connectivity index (χ2v) is 11.9. The van der Waals surface area contributed by atoms with Crippen molar-refractivity contribution in [3.63, 3.8) is 0 Å². The minimum atomic E-state index is -5.59. The van der Waals surface area contributed by atoms with Crippen molar-refractivity contribution in [3.05, 3.63) is 78.9 Å². The van der Waals surface area contributed by atoms with Crippen LogP contribution in [0, 0.1) is 0 Å². The van der Waals surface area contributed by atoms with Crippen LogP contribution in [0.5, 0.6) is 11.5 Å². The average molecular weight is 522 g/mol. The lowest BCUT2D eigenvalue weighted by atomic mass is 10.3. The van der Waals surface area contributed by atoms with Gasteiger partial charge in [0.25, 0.3) is 0 Å². The van der Waals surface area contributed by atoms with Crippen LogP contribution in [0.15, 0.2) is 93.5 Å². The van der Waals surface area contributed by atoms with E-state index >= 15 is 0 Å². The predicted molar refractivity (Wildman–Crippen MR) is 131 cm³/mol. The molecule has 0 radical (unpaired) electrons. The van der Waals surface area contributed by atoms with Crippen molar-refractivity contribution in [2.24, 2.45) is 0 Å². The van der Waals surface area contributed by atoms with Crippen molar-refractivity contribution in [1.82, 2.24) is 0 Å². The van der Waals surface area contributed by atoms with Crippen LogP contribution in [-0.4, -0.2) is 30.4 Å². The fourth-order valence-electron chi connectivity index (χ4n) is 3.95. The van der Waals surface area contributed by atoms with Gasteiger partial charge in [0.15, 0.2) is 20.8 Å². The molecule has 0 amide bonds. The molecule has 3 aromatic carbocycles. The maximum Gasteiger partial charge on any atom is 0.405 e. The molecule has 0 spiro atoms. The Balaban J connectivity index is 1.57. The molecule has 9 heteroatoms. The number of benzene rings is 3. The summed E-state index contributed by atoms with van der Waals surface area (Å²) in [4.78, 5) is 3.08. The zero-order chi connectivity index (χ0) is 25.1. The number of hydrogen-bond acceptors (Lipinski definition) is 4. The zero-order valence-electron chi connectivity index (χ0n) is 19.1. The van der Waals surface area contributed by atoms with Crippen molar-refractivity contribution in [2.45, 2.75) is 64.8 Å². The highest BCUT2D eigenvalue weighted by molar-refractivity contribution is 7.97. The van der Waals surface area contributed by atoms with E-state index < -0.39 is 32.4 Å². The van der Waals surface area contributed by atoms with E-state index in [0.29, 0.717) is 0 Å². The summed E-state index contributed by atoms with van der Waals surface area (Å²) in [5.41, 5.74) is 0. The van der Waals surface area contributed by atoms with Gasteiger partial charge in [0.1, 0.15) is 11.5 Å². The Kier molecular flexibility index (Phi) is 7.68. The lowest BCUT2D eigenvalue weighted by molar-refractivity contribution is -0.0236. The summed E-state index contributed by atoms with van der Waals surface area (Å²) in [6.45, 7) is 0.894. The Labute approximate surface area is 207 Å². The second-order valence-electron chi connectivity index (χ2n) is 8.38. The van der Waals surface area contributed by atoms with Gasteiger partial charge < -0.3 is 9.47 Å². The Morgan fingerprint density at radius 2 is 1.34 bits per heavy atom. The van der Waals surface area contributed by atoms with E-state index in [1.54, 1.807) is 12.1 Å². The molecular formula is C26H27F2O5S2+. The van der Waals surface area contributed by atoms with Gasteiger partial charge in [-0.1, -0.05) is 18.2 Å². The molecule has 0 heterocycles. The summed E-state index contributed by atoms with van der Waals surface area (Å²) in [7, 11) is -6.07. The van der Waals surface area contributed by atoms with Gasteiger partial charge in [-0.25, -0.2) is 0 Å². The monoisotopic (exact) mass is 521 g/mol. The molecule has 3 aromatic rings. The van der Waals surface area contributed by atoms with Crippen LogP contribution >= 0.6 is 0 Å². The molecule has 5 nitrogen and oxygen atoms in total. The van der Waals surface area contributed by atoms with Gasteiger partial charge in [-0.3, -0.25) is 4.55 Å². The SMILES string of the molecule is CC(Oc1ccc([S+](c2ccccc2)c2ccc(OC3CCCC3)cc2)cc1)C(F)(F)S(=O)(=O)O. The van der Waals surface area contributed by atoms with Crippen molar-refractivity contribution in [1.29, 1.82) is 0 Å². The van der Waals surface area contributed by atoms with E-state index in [-0.39, 0.29) is 11.9 Å². The van der Waals surface area contributed by atoms with Gasteiger partial charge in [-0.05, 0) is 93.3 Å². The number of alkyl halides is 2. The van der Waals surface area contributed by atoms with Gasteiger partial charge in [0, 0.05) is 0 Å². The summed E-state index contributed by atoms with van der Waals surface area (Å²) in [5.74, 6) is 0.913. The normalized spacial score (nSPS) is 16.6. The molecule has 2 unspecified atom stereocenters. The quantitative estimate of drug-likeness (QED) is 0.262. The van der Waals surface area contributed by atoms with E-state index in [9.17, 15) is 17.2 Å². The first kappa shape index (κ1) is 25.5. The molecule has 4 rings (SSSR count). The predicted octanol–water partition coefficient (Wildman–Crippen LogP) is 6.35. The Morgan fingerprint density at radius 3 is 1.86 bits per heavy atom. The fraction of sp³-hybridized carbons (Fsp3) is 0.308. The summed E-state index contributed by atoms with van der Waals surface area (Å²) in [6, 6.07) is 24.6. The molecule has 1 fully saturated rings. The highest BCUT2D eigenvalue weighted by Crippen LogP contribution is 2.35. The van der Waals surface area contributed by atoms with Crippen LogP contribution in [0.4, 0.5) is 8.78 Å². The van der Waals surface area contributed by atoms with Crippen LogP contribution in [-0.2, 0) is 21.0 Å². The maximum atomic E-state index is 13.8. The van der Waals surface area contributed by atoms with Crippen LogP contribution in [0.1, 0.15) is 32.6 Å². The molecule has 1 aliphatic rings. The molecule has 186 valence electrons. The Bertz CT molecular complexity index is 1210. The van der Waals surface area contributed by atoms with Crippen LogP contribution in [0.3, 0.4) is 0 Å². The van der Waals surface area contributed by atoms with Crippen molar-refractivity contribution in [3.8, 4) is 11.5 Å². The first-order valence-electron chi connectivity index (χ1n) is 11.3. The minimum Gasteiger partial charge on any atom is -0.490 e. The maximum absolute atomic E-state index is 13.8. The lowest BCUT2D eigenvalue weighted by Gasteiger charge is -2.21. The fourth-order valence-corrected chi connectivity index (χ4v) is 6.48. The summed E-state index contributed by atoms with van der Waals surface area (Å²) in [6.07, 6.45) is 2.77. The van der Waals surface area contributed by atoms with Crippen LogP contribution in [0.25, 0.3) is 0 Å². The summed E-state index contributed by atoms with van der Waals surface area (Å²) in [5, 5.41) is -4.43. The molecule has 35 heavy (non-hydrogen) atoms. The minimum absolute atomic E-state index is 0.0708. The third-order valence-corrected chi connectivity index (χ3v) is 9.08. The number of hydrogen-bond donors (Lipinski definition) is 1. The zero-order valence-corrected chi connectivity index (χ0v) is 20.8. The number of halogens is 2. The molecule has 0 bridgehead atoms. The smallest absolute Gasteiger partial charge is 0.405 e. The van der Waals surface area contributed by atoms with Gasteiger partial charge in [0.2, 0.25) is 0 Å². The first-order valence-corrected chi connectivity index (χ1v) is 14.0. The highest BCUT2D eigenvalue weighted by atomic mass is 32.2. The molecular weight excluding hydrogens is 494 g/mol. The Morgan fingerprint density at radius 1 is 0.857 bits per heavy atom. The largest absolute Gasteiger partial charge is 0.490 e. The van der Waals surface area contributed by atoms with Gasteiger partial charge in [-0.2, -0.15) is 17.2 Å². The summed E-state index contributed by atoms with van der Waals surface area (Å²) >= 11 is 0. The van der Waals surface area contributed by atoms with Gasteiger partial charge in [0.05, 0.1) is 17.0 Å². The van der Waals surface area contributed by atoms with Gasteiger partial charge in [-0.15, -0.1) is 0 Å². The van der Waals surface area contributed by atoms with Crippen molar-refractivity contribution < 1.29 is 31.2 Å². The number of ether oxygens (including phenoxy) is 2. The van der Waals surface area contributed by atoms with E-state index in [0.717, 1.165) is 40.2 Å². The lowest BCUT2D eigenvalue weighted by Crippen LogP contribution is -2.42. The molecule has 0 saturated heterocycles. The third-order valence-electron chi connectivity index (χ3n) is 5.83. The van der Waals surface area contributed by atoms with Crippen molar-refractivity contribution >= 4 is 21.0 Å². The van der Waals surface area contributed by atoms with Crippen molar-refractivity contribution in [2.75, 3.05) is 0 Å². The van der Waals surface area contributed by atoms with E-state index in [1.165, 1.54) is 25.0 Å². The Hall–Kier alpha value is -2.62.